The van der Waals surface area contributed by atoms with Crippen molar-refractivity contribution >= 4 is 22.7 Å². The minimum atomic E-state index is 0.270. The molecule has 4 heteroatoms. The lowest BCUT2D eigenvalue weighted by atomic mass is 10.0. The summed E-state index contributed by atoms with van der Waals surface area (Å²) >= 11 is 2.04. The van der Waals surface area contributed by atoms with Crippen molar-refractivity contribution in [1.29, 1.82) is 0 Å². The summed E-state index contributed by atoms with van der Waals surface area (Å²) in [6.45, 7) is 5.14. The van der Waals surface area contributed by atoms with Crippen molar-refractivity contribution < 1.29 is 4.42 Å². The zero-order valence-corrected chi connectivity index (χ0v) is 12.0. The van der Waals surface area contributed by atoms with E-state index in [1.54, 1.807) is 0 Å². The predicted octanol–water partition coefficient (Wildman–Crippen LogP) is 2.87. The third kappa shape index (κ3) is 2.53. The van der Waals surface area contributed by atoms with E-state index in [1.807, 2.05) is 30.2 Å². The Bertz CT molecular complexity index is 554. The summed E-state index contributed by atoms with van der Waals surface area (Å²) in [4.78, 5) is 2.50. The lowest BCUT2D eigenvalue weighted by Gasteiger charge is -2.36. The van der Waals surface area contributed by atoms with Gasteiger partial charge in [0.1, 0.15) is 5.58 Å². The molecule has 1 aromatic heterocycles. The lowest BCUT2D eigenvalue weighted by molar-refractivity contribution is 0.211. The molecule has 19 heavy (non-hydrogen) atoms. The lowest BCUT2D eigenvalue weighted by Crippen LogP contribution is -2.42. The molecular formula is C15H20N2OS. The first-order valence-electron chi connectivity index (χ1n) is 6.81. The number of benzene rings is 1. The largest absolute Gasteiger partial charge is 0.464 e. The van der Waals surface area contributed by atoms with Gasteiger partial charge in [-0.25, -0.2) is 0 Å². The number of para-hydroxylation sites is 1. The van der Waals surface area contributed by atoms with Gasteiger partial charge >= 0.3 is 0 Å². The second-order valence-electron chi connectivity index (χ2n) is 5.12. The highest BCUT2D eigenvalue weighted by molar-refractivity contribution is 7.99. The van der Waals surface area contributed by atoms with E-state index < -0.39 is 0 Å². The number of hydrogen-bond donors (Lipinski definition) is 1. The maximum absolute atomic E-state index is 6.04. The van der Waals surface area contributed by atoms with Gasteiger partial charge in [0.15, 0.2) is 0 Å². The van der Waals surface area contributed by atoms with Crippen LogP contribution in [0.4, 0.5) is 0 Å². The van der Waals surface area contributed by atoms with Gasteiger partial charge in [0.2, 0.25) is 0 Å². The monoisotopic (exact) mass is 276 g/mol. The van der Waals surface area contributed by atoms with Crippen LogP contribution in [0.15, 0.2) is 34.9 Å². The Morgan fingerprint density at radius 2 is 2.32 bits per heavy atom. The summed E-state index contributed by atoms with van der Waals surface area (Å²) in [6.07, 6.45) is 1.88. The van der Waals surface area contributed by atoms with Crippen molar-refractivity contribution in [3.05, 3.63) is 36.1 Å². The van der Waals surface area contributed by atoms with E-state index in [9.17, 15) is 0 Å². The van der Waals surface area contributed by atoms with Gasteiger partial charge in [-0.3, -0.25) is 4.90 Å². The summed E-state index contributed by atoms with van der Waals surface area (Å²) in [5.74, 6) is 1.19. The normalized spacial score (nSPS) is 22.7. The van der Waals surface area contributed by atoms with Gasteiger partial charge in [-0.15, -0.1) is 0 Å². The zero-order valence-electron chi connectivity index (χ0n) is 11.2. The SMILES string of the molecule is CC1CN(C(CN)c2coc3ccccc23)CCS1. The van der Waals surface area contributed by atoms with Gasteiger partial charge in [0, 0.05) is 41.6 Å². The maximum atomic E-state index is 6.04. The van der Waals surface area contributed by atoms with E-state index in [2.05, 4.69) is 24.0 Å². The molecule has 1 fully saturated rings. The van der Waals surface area contributed by atoms with Crippen LogP contribution in [-0.2, 0) is 0 Å². The quantitative estimate of drug-likeness (QED) is 0.936. The molecular weight excluding hydrogens is 256 g/mol. The molecule has 1 aliphatic rings. The Morgan fingerprint density at radius 1 is 1.47 bits per heavy atom. The molecule has 2 unspecified atom stereocenters. The number of nitrogens with two attached hydrogens (primary N) is 1. The van der Waals surface area contributed by atoms with Crippen LogP contribution in [-0.4, -0.2) is 35.5 Å². The van der Waals surface area contributed by atoms with Crippen molar-refractivity contribution in [1.82, 2.24) is 4.90 Å². The van der Waals surface area contributed by atoms with Crippen LogP contribution < -0.4 is 5.73 Å². The summed E-state index contributed by atoms with van der Waals surface area (Å²) in [5.41, 5.74) is 8.23. The fourth-order valence-corrected chi connectivity index (χ4v) is 3.90. The smallest absolute Gasteiger partial charge is 0.134 e. The fraction of sp³-hybridized carbons (Fsp3) is 0.467. The van der Waals surface area contributed by atoms with Gasteiger partial charge in [-0.1, -0.05) is 25.1 Å². The second kappa shape index (κ2) is 5.57. The standard InChI is InChI=1S/C15H20N2OS/c1-11-9-17(6-7-19-11)14(8-16)13-10-18-15-5-3-2-4-12(13)15/h2-5,10-11,14H,6-9,16H2,1H3. The number of furan rings is 1. The van der Waals surface area contributed by atoms with Crippen LogP contribution in [0, 0.1) is 0 Å². The van der Waals surface area contributed by atoms with E-state index in [4.69, 9.17) is 10.2 Å². The molecule has 0 saturated carbocycles. The third-order valence-electron chi connectivity index (χ3n) is 3.81. The fourth-order valence-electron chi connectivity index (χ4n) is 2.86. The number of fused-ring (bicyclic) bond motifs is 1. The second-order valence-corrected chi connectivity index (χ2v) is 6.66. The number of rotatable bonds is 3. The van der Waals surface area contributed by atoms with Gasteiger partial charge in [-0.05, 0) is 6.07 Å². The average molecular weight is 276 g/mol. The minimum absolute atomic E-state index is 0.270. The highest BCUT2D eigenvalue weighted by Gasteiger charge is 2.26. The van der Waals surface area contributed by atoms with Crippen molar-refractivity contribution in [2.75, 3.05) is 25.4 Å². The molecule has 102 valence electrons. The van der Waals surface area contributed by atoms with Crippen LogP contribution in [0.25, 0.3) is 11.0 Å². The molecule has 0 amide bonds. The topological polar surface area (TPSA) is 42.4 Å². The summed E-state index contributed by atoms with van der Waals surface area (Å²) in [5, 5.41) is 1.88. The zero-order chi connectivity index (χ0) is 13.2. The summed E-state index contributed by atoms with van der Waals surface area (Å²) in [7, 11) is 0. The van der Waals surface area contributed by atoms with Crippen molar-refractivity contribution in [2.24, 2.45) is 5.73 Å². The van der Waals surface area contributed by atoms with Crippen LogP contribution in [0.1, 0.15) is 18.5 Å². The Labute approximate surface area is 118 Å². The van der Waals surface area contributed by atoms with E-state index in [0.717, 1.165) is 18.7 Å². The highest BCUT2D eigenvalue weighted by Crippen LogP contribution is 2.32. The van der Waals surface area contributed by atoms with Crippen LogP contribution in [0.2, 0.25) is 0 Å². The predicted molar refractivity (Wildman–Crippen MR) is 81.5 cm³/mol. The molecule has 3 nitrogen and oxygen atoms in total. The molecule has 0 spiro atoms. The van der Waals surface area contributed by atoms with Gasteiger partial charge in [-0.2, -0.15) is 11.8 Å². The van der Waals surface area contributed by atoms with Gasteiger partial charge in [0.05, 0.1) is 12.3 Å². The Kier molecular flexibility index (Phi) is 3.82. The molecule has 0 aliphatic carbocycles. The molecule has 0 bridgehead atoms. The van der Waals surface area contributed by atoms with E-state index in [1.165, 1.54) is 16.7 Å². The Hall–Kier alpha value is -0.970. The molecule has 2 atom stereocenters. The van der Waals surface area contributed by atoms with Crippen LogP contribution >= 0.6 is 11.8 Å². The molecule has 2 heterocycles. The minimum Gasteiger partial charge on any atom is -0.464 e. The van der Waals surface area contributed by atoms with Crippen molar-refractivity contribution in [2.45, 2.75) is 18.2 Å². The first-order chi connectivity index (χ1) is 9.29. The molecule has 3 rings (SSSR count). The van der Waals surface area contributed by atoms with E-state index >= 15 is 0 Å². The summed E-state index contributed by atoms with van der Waals surface area (Å²) in [6, 6.07) is 8.48. The van der Waals surface area contributed by atoms with Crippen molar-refractivity contribution in [3.63, 3.8) is 0 Å². The number of nitrogens with zero attached hydrogens (tertiary/aromatic N) is 1. The van der Waals surface area contributed by atoms with Crippen LogP contribution in [0.3, 0.4) is 0 Å². The molecule has 2 aromatic rings. The van der Waals surface area contributed by atoms with Crippen molar-refractivity contribution in [3.8, 4) is 0 Å². The molecule has 1 saturated heterocycles. The van der Waals surface area contributed by atoms with Gasteiger partial charge < -0.3 is 10.2 Å². The average Bonchev–Trinajstić information content (AvgIpc) is 2.84. The molecule has 1 aromatic carbocycles. The Morgan fingerprint density at radius 3 is 3.11 bits per heavy atom. The van der Waals surface area contributed by atoms with Crippen LogP contribution in [0.5, 0.6) is 0 Å². The third-order valence-corrected chi connectivity index (χ3v) is 4.94. The first-order valence-corrected chi connectivity index (χ1v) is 7.86. The number of thioether (sulfide) groups is 1. The maximum Gasteiger partial charge on any atom is 0.134 e. The van der Waals surface area contributed by atoms with E-state index in [-0.39, 0.29) is 6.04 Å². The van der Waals surface area contributed by atoms with Gasteiger partial charge in [0.25, 0.3) is 0 Å². The molecule has 1 aliphatic heterocycles. The number of hydrogen-bond acceptors (Lipinski definition) is 4. The Balaban J connectivity index is 1.93. The first kappa shape index (κ1) is 13.0. The summed E-state index contributed by atoms with van der Waals surface area (Å²) < 4.78 is 5.66. The molecule has 2 N–H and O–H groups in total. The van der Waals surface area contributed by atoms with E-state index in [0.29, 0.717) is 11.8 Å². The highest BCUT2D eigenvalue weighted by atomic mass is 32.2. The molecule has 0 radical (unpaired) electrons.